The first kappa shape index (κ1) is 10.9. The molecule has 1 heterocycles. The lowest BCUT2D eigenvalue weighted by Crippen LogP contribution is -2.22. The summed E-state index contributed by atoms with van der Waals surface area (Å²) < 4.78 is 0. The van der Waals surface area contributed by atoms with Crippen molar-refractivity contribution in [2.75, 3.05) is 18.5 Å². The van der Waals surface area contributed by atoms with Gasteiger partial charge in [-0.25, -0.2) is 0 Å². The summed E-state index contributed by atoms with van der Waals surface area (Å²) in [4.78, 5) is 12.2. The van der Waals surface area contributed by atoms with E-state index in [9.17, 15) is 4.79 Å². The summed E-state index contributed by atoms with van der Waals surface area (Å²) in [6, 6.07) is 3.89. The highest BCUT2D eigenvalue weighted by Crippen LogP contribution is 2.38. The molecule has 0 bridgehead atoms. The van der Waals surface area contributed by atoms with Gasteiger partial charge < -0.3 is 10.0 Å². The fourth-order valence-corrected chi connectivity index (χ4v) is 1.51. The number of carboxylic acid groups (broad SMARTS) is 1. The molecule has 1 N–H and O–H groups in total. The SMILES string of the molecule is CN(CCC(=O)O)c1ccc(C2CC2)nn1. The first-order valence-electron chi connectivity index (χ1n) is 5.43. The summed E-state index contributed by atoms with van der Waals surface area (Å²) in [6.45, 7) is 0.451. The van der Waals surface area contributed by atoms with Gasteiger partial charge in [0.1, 0.15) is 0 Å². The van der Waals surface area contributed by atoms with E-state index in [2.05, 4.69) is 10.2 Å². The van der Waals surface area contributed by atoms with Gasteiger partial charge in [0, 0.05) is 19.5 Å². The predicted molar refractivity (Wildman–Crippen MR) is 59.5 cm³/mol. The van der Waals surface area contributed by atoms with Crippen LogP contribution in [0.3, 0.4) is 0 Å². The molecule has 0 unspecified atom stereocenters. The number of anilines is 1. The second-order valence-corrected chi connectivity index (χ2v) is 4.16. The molecular formula is C11H15N3O2. The van der Waals surface area contributed by atoms with Crippen LogP contribution in [0, 0.1) is 0 Å². The first-order valence-corrected chi connectivity index (χ1v) is 5.43. The Labute approximate surface area is 94.1 Å². The van der Waals surface area contributed by atoms with Crippen molar-refractivity contribution in [3.8, 4) is 0 Å². The monoisotopic (exact) mass is 221 g/mol. The number of aliphatic carboxylic acids is 1. The van der Waals surface area contributed by atoms with E-state index in [1.165, 1.54) is 12.8 Å². The second kappa shape index (κ2) is 4.47. The minimum atomic E-state index is -0.797. The quantitative estimate of drug-likeness (QED) is 0.811. The molecule has 1 fully saturated rings. The molecule has 0 radical (unpaired) electrons. The number of hydrogen-bond donors (Lipinski definition) is 1. The van der Waals surface area contributed by atoms with Crippen molar-refractivity contribution in [1.29, 1.82) is 0 Å². The van der Waals surface area contributed by atoms with Crippen molar-refractivity contribution in [3.63, 3.8) is 0 Å². The van der Waals surface area contributed by atoms with E-state index in [1.807, 2.05) is 19.2 Å². The Morgan fingerprint density at radius 3 is 2.75 bits per heavy atom. The maximum Gasteiger partial charge on any atom is 0.305 e. The Kier molecular flexibility index (Phi) is 3.03. The average molecular weight is 221 g/mol. The molecule has 1 aliphatic rings. The van der Waals surface area contributed by atoms with E-state index in [4.69, 9.17) is 5.11 Å². The molecule has 1 aromatic rings. The minimum Gasteiger partial charge on any atom is -0.481 e. The molecule has 0 aromatic carbocycles. The molecule has 0 aliphatic heterocycles. The molecule has 5 nitrogen and oxygen atoms in total. The van der Waals surface area contributed by atoms with Crippen LogP contribution in [0.2, 0.25) is 0 Å². The predicted octanol–water partition coefficient (Wildman–Crippen LogP) is 1.26. The summed E-state index contributed by atoms with van der Waals surface area (Å²) in [5.74, 6) is 0.533. The maximum absolute atomic E-state index is 10.4. The molecular weight excluding hydrogens is 206 g/mol. The number of rotatable bonds is 5. The van der Waals surface area contributed by atoms with Gasteiger partial charge in [0.05, 0.1) is 12.1 Å². The largest absolute Gasteiger partial charge is 0.481 e. The lowest BCUT2D eigenvalue weighted by molar-refractivity contribution is -0.136. The Bertz CT molecular complexity index is 373. The first-order chi connectivity index (χ1) is 7.66. The van der Waals surface area contributed by atoms with Crippen molar-refractivity contribution in [3.05, 3.63) is 17.8 Å². The summed E-state index contributed by atoms with van der Waals surface area (Å²) in [5, 5.41) is 16.8. The van der Waals surface area contributed by atoms with Crippen molar-refractivity contribution < 1.29 is 9.90 Å². The Balaban J connectivity index is 1.94. The molecule has 0 saturated heterocycles. The fourth-order valence-electron chi connectivity index (χ4n) is 1.51. The van der Waals surface area contributed by atoms with E-state index >= 15 is 0 Å². The summed E-state index contributed by atoms with van der Waals surface area (Å²) in [5.41, 5.74) is 1.05. The molecule has 1 aromatic heterocycles. The highest BCUT2D eigenvalue weighted by molar-refractivity contribution is 5.67. The van der Waals surface area contributed by atoms with Gasteiger partial charge in [-0.1, -0.05) is 0 Å². The van der Waals surface area contributed by atoms with Crippen LogP contribution in [0.4, 0.5) is 5.82 Å². The van der Waals surface area contributed by atoms with Crippen molar-refractivity contribution >= 4 is 11.8 Å². The third-order valence-corrected chi connectivity index (χ3v) is 2.72. The molecule has 16 heavy (non-hydrogen) atoms. The molecule has 2 rings (SSSR count). The third kappa shape index (κ3) is 2.68. The average Bonchev–Trinajstić information content (AvgIpc) is 3.10. The van der Waals surface area contributed by atoms with E-state index in [0.717, 1.165) is 11.5 Å². The van der Waals surface area contributed by atoms with Crippen LogP contribution in [0.15, 0.2) is 12.1 Å². The summed E-state index contributed by atoms with van der Waals surface area (Å²) >= 11 is 0. The van der Waals surface area contributed by atoms with E-state index in [1.54, 1.807) is 4.90 Å². The zero-order valence-corrected chi connectivity index (χ0v) is 9.26. The van der Waals surface area contributed by atoms with Gasteiger partial charge in [0.2, 0.25) is 0 Å². The van der Waals surface area contributed by atoms with Gasteiger partial charge in [-0.3, -0.25) is 4.79 Å². The summed E-state index contributed by atoms with van der Waals surface area (Å²) in [7, 11) is 1.82. The Morgan fingerprint density at radius 2 is 2.25 bits per heavy atom. The Hall–Kier alpha value is -1.65. The molecule has 1 aliphatic carbocycles. The lowest BCUT2D eigenvalue weighted by atomic mass is 10.3. The Morgan fingerprint density at radius 1 is 1.50 bits per heavy atom. The molecule has 0 atom stereocenters. The number of hydrogen-bond acceptors (Lipinski definition) is 4. The van der Waals surface area contributed by atoms with Gasteiger partial charge in [0.25, 0.3) is 0 Å². The smallest absolute Gasteiger partial charge is 0.305 e. The van der Waals surface area contributed by atoms with Crippen LogP contribution >= 0.6 is 0 Å². The van der Waals surface area contributed by atoms with Crippen molar-refractivity contribution in [1.82, 2.24) is 10.2 Å². The number of nitrogens with zero attached hydrogens (tertiary/aromatic N) is 3. The molecule has 86 valence electrons. The number of aromatic nitrogens is 2. The van der Waals surface area contributed by atoms with E-state index in [-0.39, 0.29) is 6.42 Å². The highest BCUT2D eigenvalue weighted by Gasteiger charge is 2.25. The van der Waals surface area contributed by atoms with Crippen LogP contribution in [0.1, 0.15) is 30.9 Å². The van der Waals surface area contributed by atoms with Gasteiger partial charge in [0.15, 0.2) is 5.82 Å². The highest BCUT2D eigenvalue weighted by atomic mass is 16.4. The molecule has 0 spiro atoms. The zero-order valence-electron chi connectivity index (χ0n) is 9.26. The van der Waals surface area contributed by atoms with Gasteiger partial charge in [-0.15, -0.1) is 5.10 Å². The van der Waals surface area contributed by atoms with Crippen molar-refractivity contribution in [2.45, 2.75) is 25.2 Å². The molecule has 0 amide bonds. The lowest BCUT2D eigenvalue weighted by Gasteiger charge is -2.16. The van der Waals surface area contributed by atoms with Crippen LogP contribution in [0.25, 0.3) is 0 Å². The standard InChI is InChI=1S/C11H15N3O2/c1-14(7-6-11(15)16)10-5-4-9(12-13-10)8-2-3-8/h4-5,8H,2-3,6-7H2,1H3,(H,15,16). The number of carboxylic acids is 1. The van der Waals surface area contributed by atoms with E-state index in [0.29, 0.717) is 12.5 Å². The van der Waals surface area contributed by atoms with Gasteiger partial charge >= 0.3 is 5.97 Å². The van der Waals surface area contributed by atoms with Gasteiger partial charge in [-0.2, -0.15) is 5.10 Å². The topological polar surface area (TPSA) is 66.3 Å². The van der Waals surface area contributed by atoms with Crippen LogP contribution in [0.5, 0.6) is 0 Å². The van der Waals surface area contributed by atoms with Crippen LogP contribution < -0.4 is 4.90 Å². The normalized spacial score (nSPS) is 14.8. The van der Waals surface area contributed by atoms with Crippen molar-refractivity contribution in [2.24, 2.45) is 0 Å². The van der Waals surface area contributed by atoms with E-state index < -0.39 is 5.97 Å². The number of carbonyl (C=O) groups is 1. The molecule has 1 saturated carbocycles. The summed E-state index contributed by atoms with van der Waals surface area (Å²) in [6.07, 6.45) is 2.54. The zero-order chi connectivity index (χ0) is 11.5. The van der Waals surface area contributed by atoms with Crippen LogP contribution in [-0.4, -0.2) is 34.9 Å². The molecule has 5 heteroatoms. The minimum absolute atomic E-state index is 0.114. The second-order valence-electron chi connectivity index (χ2n) is 4.16. The fraction of sp³-hybridized carbons (Fsp3) is 0.545. The van der Waals surface area contributed by atoms with Gasteiger partial charge in [-0.05, 0) is 25.0 Å². The van der Waals surface area contributed by atoms with Crippen LogP contribution in [-0.2, 0) is 4.79 Å². The maximum atomic E-state index is 10.4. The third-order valence-electron chi connectivity index (χ3n) is 2.72.